The van der Waals surface area contributed by atoms with Crippen LogP contribution in [0.4, 0.5) is 5.69 Å². The van der Waals surface area contributed by atoms with Gasteiger partial charge in [0, 0.05) is 12.7 Å². The van der Waals surface area contributed by atoms with E-state index in [0.29, 0.717) is 17.0 Å². The van der Waals surface area contributed by atoms with Gasteiger partial charge in [-0.05, 0) is 40.3 Å². The fourth-order valence-corrected chi connectivity index (χ4v) is 3.03. The van der Waals surface area contributed by atoms with Crippen LogP contribution in [0.1, 0.15) is 37.7 Å². The van der Waals surface area contributed by atoms with Crippen LogP contribution >= 0.6 is 15.9 Å². The summed E-state index contributed by atoms with van der Waals surface area (Å²) in [6.45, 7) is 1.19. The molecule has 5 heteroatoms. The van der Waals surface area contributed by atoms with Crippen molar-refractivity contribution in [2.24, 2.45) is 5.92 Å². The van der Waals surface area contributed by atoms with Crippen molar-refractivity contribution < 1.29 is 9.66 Å². The number of nitrogens with zero attached hydrogens (tertiary/aromatic N) is 1. The normalized spacial score (nSPS) is 16.5. The fourth-order valence-electron chi connectivity index (χ4n) is 2.51. The van der Waals surface area contributed by atoms with Crippen LogP contribution in [0.15, 0.2) is 22.7 Å². The quantitative estimate of drug-likeness (QED) is 0.592. The van der Waals surface area contributed by atoms with E-state index in [1.807, 2.05) is 6.07 Å². The minimum Gasteiger partial charge on any atom is -0.376 e. The van der Waals surface area contributed by atoms with Gasteiger partial charge < -0.3 is 4.74 Å². The summed E-state index contributed by atoms with van der Waals surface area (Å²) in [5.41, 5.74) is 0.934. The number of rotatable bonds is 5. The lowest BCUT2D eigenvalue weighted by molar-refractivity contribution is -0.385. The van der Waals surface area contributed by atoms with Crippen LogP contribution in [0, 0.1) is 16.0 Å². The topological polar surface area (TPSA) is 52.4 Å². The highest BCUT2D eigenvalue weighted by Crippen LogP contribution is 2.29. The van der Waals surface area contributed by atoms with Gasteiger partial charge >= 0.3 is 0 Å². The summed E-state index contributed by atoms with van der Waals surface area (Å²) in [5.74, 6) is 0.659. The summed E-state index contributed by atoms with van der Waals surface area (Å²) in [7, 11) is 0. The Kier molecular flexibility index (Phi) is 5.34. The zero-order valence-electron chi connectivity index (χ0n) is 10.8. The Labute approximate surface area is 121 Å². The van der Waals surface area contributed by atoms with Crippen molar-refractivity contribution in [3.05, 3.63) is 38.3 Å². The van der Waals surface area contributed by atoms with Crippen molar-refractivity contribution in [1.82, 2.24) is 0 Å². The Morgan fingerprint density at radius 3 is 2.74 bits per heavy atom. The number of nitro benzene ring substituents is 1. The molecule has 4 nitrogen and oxygen atoms in total. The van der Waals surface area contributed by atoms with Crippen LogP contribution in [-0.2, 0) is 11.3 Å². The van der Waals surface area contributed by atoms with Crippen molar-refractivity contribution in [1.29, 1.82) is 0 Å². The maximum absolute atomic E-state index is 10.8. The summed E-state index contributed by atoms with van der Waals surface area (Å²) in [6.07, 6.45) is 6.43. The van der Waals surface area contributed by atoms with Gasteiger partial charge in [0.2, 0.25) is 0 Å². The third-order valence-corrected chi connectivity index (χ3v) is 4.51. The minimum atomic E-state index is -0.380. The van der Waals surface area contributed by atoms with Crippen LogP contribution < -0.4 is 0 Å². The zero-order chi connectivity index (χ0) is 13.7. The number of hydrogen-bond acceptors (Lipinski definition) is 3. The van der Waals surface area contributed by atoms with E-state index in [1.54, 1.807) is 6.07 Å². The molecule has 1 aromatic rings. The summed E-state index contributed by atoms with van der Waals surface area (Å²) < 4.78 is 6.25. The lowest BCUT2D eigenvalue weighted by Gasteiger charge is -2.21. The monoisotopic (exact) mass is 327 g/mol. The molecule has 0 N–H and O–H groups in total. The van der Waals surface area contributed by atoms with Gasteiger partial charge in [-0.15, -0.1) is 0 Å². The Balaban J connectivity index is 1.88. The molecule has 19 heavy (non-hydrogen) atoms. The molecular formula is C14H18BrNO3. The molecular weight excluding hydrogens is 310 g/mol. The van der Waals surface area contributed by atoms with Crippen LogP contribution in [0.25, 0.3) is 0 Å². The third kappa shape index (κ3) is 4.01. The van der Waals surface area contributed by atoms with Gasteiger partial charge in [0.05, 0.1) is 11.5 Å². The van der Waals surface area contributed by atoms with E-state index in [1.165, 1.54) is 38.2 Å². The number of halogens is 1. The van der Waals surface area contributed by atoms with Crippen LogP contribution in [0.2, 0.25) is 0 Å². The van der Waals surface area contributed by atoms with Crippen LogP contribution in [-0.4, -0.2) is 11.5 Å². The van der Waals surface area contributed by atoms with Crippen molar-refractivity contribution in [3.8, 4) is 0 Å². The molecule has 1 saturated carbocycles. The highest BCUT2D eigenvalue weighted by atomic mass is 79.9. The number of hydrogen-bond donors (Lipinski definition) is 0. The van der Waals surface area contributed by atoms with Crippen molar-refractivity contribution in [2.75, 3.05) is 6.61 Å². The Morgan fingerprint density at radius 2 is 2.05 bits per heavy atom. The number of nitro groups is 1. The largest absolute Gasteiger partial charge is 0.376 e. The SMILES string of the molecule is O=[N+]([O-])c1cccc(COCC2CCCCC2)c1Br. The molecule has 1 fully saturated rings. The van der Waals surface area contributed by atoms with E-state index in [0.717, 1.165) is 12.2 Å². The molecule has 1 aromatic carbocycles. The molecule has 0 radical (unpaired) electrons. The summed E-state index contributed by atoms with van der Waals surface area (Å²) >= 11 is 3.29. The standard InChI is InChI=1S/C14H18BrNO3/c15-14-12(7-4-8-13(14)16(17)18)10-19-9-11-5-2-1-3-6-11/h4,7-8,11H,1-3,5-6,9-10H2. The molecule has 0 saturated heterocycles. The minimum absolute atomic E-state index is 0.0961. The van der Waals surface area contributed by atoms with E-state index in [-0.39, 0.29) is 10.6 Å². The van der Waals surface area contributed by atoms with Gasteiger partial charge in [0.15, 0.2) is 0 Å². The summed E-state index contributed by atoms with van der Waals surface area (Å²) in [4.78, 5) is 10.4. The molecule has 0 aromatic heterocycles. The van der Waals surface area contributed by atoms with E-state index < -0.39 is 0 Å². The van der Waals surface area contributed by atoms with Gasteiger partial charge in [-0.3, -0.25) is 10.1 Å². The second-order valence-corrected chi connectivity index (χ2v) is 5.82. The maximum Gasteiger partial charge on any atom is 0.283 e. The lowest BCUT2D eigenvalue weighted by atomic mass is 9.90. The zero-order valence-corrected chi connectivity index (χ0v) is 12.4. The number of ether oxygens (including phenoxy) is 1. The second kappa shape index (κ2) is 7.01. The molecule has 2 rings (SSSR count). The van der Waals surface area contributed by atoms with E-state index >= 15 is 0 Å². The molecule has 0 aliphatic heterocycles. The van der Waals surface area contributed by atoms with Crippen molar-refractivity contribution >= 4 is 21.6 Å². The molecule has 1 aliphatic rings. The molecule has 0 bridgehead atoms. The van der Waals surface area contributed by atoms with Crippen LogP contribution in [0.3, 0.4) is 0 Å². The molecule has 104 valence electrons. The molecule has 0 amide bonds. The van der Waals surface area contributed by atoms with E-state index in [2.05, 4.69) is 15.9 Å². The third-order valence-electron chi connectivity index (χ3n) is 3.59. The lowest BCUT2D eigenvalue weighted by Crippen LogP contribution is -2.13. The Bertz CT molecular complexity index is 444. The van der Waals surface area contributed by atoms with Crippen LogP contribution in [0.5, 0.6) is 0 Å². The summed E-state index contributed by atoms with van der Waals surface area (Å²) in [6, 6.07) is 5.05. The number of benzene rings is 1. The molecule has 0 atom stereocenters. The van der Waals surface area contributed by atoms with Gasteiger partial charge in [-0.25, -0.2) is 0 Å². The smallest absolute Gasteiger partial charge is 0.283 e. The molecule has 0 spiro atoms. The molecule has 1 aliphatic carbocycles. The Morgan fingerprint density at radius 1 is 1.32 bits per heavy atom. The predicted octanol–water partition coefficient (Wildman–Crippen LogP) is 4.45. The van der Waals surface area contributed by atoms with Gasteiger partial charge in [-0.2, -0.15) is 0 Å². The second-order valence-electron chi connectivity index (χ2n) is 5.03. The van der Waals surface area contributed by atoms with Gasteiger partial charge in [0.1, 0.15) is 4.47 Å². The predicted molar refractivity (Wildman–Crippen MR) is 77.0 cm³/mol. The average molecular weight is 328 g/mol. The highest BCUT2D eigenvalue weighted by molar-refractivity contribution is 9.10. The van der Waals surface area contributed by atoms with Crippen molar-refractivity contribution in [3.63, 3.8) is 0 Å². The highest BCUT2D eigenvalue weighted by Gasteiger charge is 2.16. The fraction of sp³-hybridized carbons (Fsp3) is 0.571. The first-order valence-electron chi connectivity index (χ1n) is 6.68. The van der Waals surface area contributed by atoms with Gasteiger partial charge in [0.25, 0.3) is 5.69 Å². The van der Waals surface area contributed by atoms with Crippen molar-refractivity contribution in [2.45, 2.75) is 38.7 Å². The Hall–Kier alpha value is -0.940. The first-order chi connectivity index (χ1) is 9.18. The van der Waals surface area contributed by atoms with E-state index in [9.17, 15) is 10.1 Å². The molecule has 0 unspecified atom stereocenters. The maximum atomic E-state index is 10.8. The summed E-state index contributed by atoms with van der Waals surface area (Å²) in [5, 5.41) is 10.8. The van der Waals surface area contributed by atoms with E-state index in [4.69, 9.17) is 4.74 Å². The first-order valence-corrected chi connectivity index (χ1v) is 7.47. The first kappa shape index (κ1) is 14.5. The van der Waals surface area contributed by atoms with Gasteiger partial charge in [-0.1, -0.05) is 31.4 Å². The molecule has 0 heterocycles. The average Bonchev–Trinajstić information content (AvgIpc) is 2.41.